The molecular weight excluding hydrogens is 255 g/mol. The summed E-state index contributed by atoms with van der Waals surface area (Å²) in [4.78, 5) is 18.3. The van der Waals surface area contributed by atoms with Crippen molar-refractivity contribution in [3.63, 3.8) is 0 Å². The average Bonchev–Trinajstić information content (AvgIpc) is 2.80. The van der Waals surface area contributed by atoms with Gasteiger partial charge in [0.05, 0.1) is 6.20 Å². The second kappa shape index (κ2) is 5.42. The van der Waals surface area contributed by atoms with Crippen molar-refractivity contribution in [2.24, 2.45) is 0 Å². The average molecular weight is 266 g/mol. The van der Waals surface area contributed by atoms with Gasteiger partial charge in [-0.05, 0) is 19.1 Å². The van der Waals surface area contributed by atoms with Gasteiger partial charge >= 0.3 is 12.0 Å². The second-order valence-corrected chi connectivity index (χ2v) is 3.58. The quantitative estimate of drug-likeness (QED) is 0.867. The zero-order valence-corrected chi connectivity index (χ0v) is 10.1. The van der Waals surface area contributed by atoms with Crippen molar-refractivity contribution in [3.05, 3.63) is 24.1 Å². The summed E-state index contributed by atoms with van der Waals surface area (Å²) in [6.45, 7) is 1.81. The van der Waals surface area contributed by atoms with Gasteiger partial charge in [0.1, 0.15) is 11.5 Å². The number of hydrogen-bond acceptors (Lipinski definition) is 5. The predicted octanol–water partition coefficient (Wildman–Crippen LogP) is 0.963. The van der Waals surface area contributed by atoms with Gasteiger partial charge in [0.15, 0.2) is 12.4 Å². The van der Waals surface area contributed by atoms with E-state index >= 15 is 0 Å². The third-order valence-electron chi connectivity index (χ3n) is 2.23. The number of hydrogen-bond donors (Lipinski definition) is 1. The molecule has 7 nitrogen and oxygen atoms in total. The maximum Gasteiger partial charge on any atom is 0.341 e. The summed E-state index contributed by atoms with van der Waals surface area (Å²) in [6, 6.07) is 2.67. The number of halogens is 1. The van der Waals surface area contributed by atoms with Crippen LogP contribution in [0.4, 0.5) is 4.39 Å². The molecule has 0 bridgehead atoms. The lowest BCUT2D eigenvalue weighted by Crippen LogP contribution is -2.10. The molecule has 0 aliphatic heterocycles. The predicted molar refractivity (Wildman–Crippen MR) is 62.0 cm³/mol. The number of aliphatic carboxylic acids is 1. The Balaban J connectivity index is 2.28. The first-order valence-corrected chi connectivity index (χ1v) is 5.51. The highest BCUT2D eigenvalue weighted by Gasteiger charge is 2.14. The second-order valence-electron chi connectivity index (χ2n) is 3.58. The topological polar surface area (TPSA) is 90.1 Å². The van der Waals surface area contributed by atoms with Crippen molar-refractivity contribution in [2.45, 2.75) is 13.5 Å². The number of rotatable bonds is 5. The zero-order valence-electron chi connectivity index (χ0n) is 10.1. The molecule has 2 heterocycles. The molecule has 0 radical (unpaired) electrons. The molecule has 0 aliphatic carbocycles. The Hall–Kier alpha value is -2.51. The fraction of sp³-hybridized carbons (Fsp3) is 0.273. The fourth-order valence-electron chi connectivity index (χ4n) is 1.43. The first-order chi connectivity index (χ1) is 9.10. The lowest BCUT2D eigenvalue weighted by molar-refractivity contribution is -0.139. The molecule has 2 aromatic heterocycles. The molecule has 0 saturated heterocycles. The van der Waals surface area contributed by atoms with Crippen molar-refractivity contribution < 1.29 is 19.0 Å². The van der Waals surface area contributed by atoms with Crippen LogP contribution in [0.1, 0.15) is 6.92 Å². The van der Waals surface area contributed by atoms with Crippen molar-refractivity contribution >= 4 is 5.97 Å². The van der Waals surface area contributed by atoms with E-state index in [0.717, 1.165) is 6.20 Å². The number of nitrogens with zero attached hydrogens (tertiary/aromatic N) is 4. The van der Waals surface area contributed by atoms with Crippen molar-refractivity contribution in [3.8, 4) is 17.5 Å². The third-order valence-corrected chi connectivity index (χ3v) is 2.23. The lowest BCUT2D eigenvalue weighted by Gasteiger charge is -2.00. The minimum Gasteiger partial charge on any atom is -0.479 e. The highest BCUT2D eigenvalue weighted by atomic mass is 19.1. The van der Waals surface area contributed by atoms with Crippen LogP contribution in [-0.2, 0) is 11.3 Å². The molecule has 0 unspecified atom stereocenters. The van der Waals surface area contributed by atoms with Crippen LogP contribution in [0.3, 0.4) is 0 Å². The number of carbonyl (C=O) groups is 1. The summed E-state index contributed by atoms with van der Waals surface area (Å²) >= 11 is 0. The van der Waals surface area contributed by atoms with Crippen LogP contribution in [0.5, 0.6) is 6.01 Å². The Morgan fingerprint density at radius 2 is 2.32 bits per heavy atom. The van der Waals surface area contributed by atoms with Gasteiger partial charge in [0.2, 0.25) is 0 Å². The highest BCUT2D eigenvalue weighted by molar-refractivity contribution is 5.68. The molecule has 0 saturated carbocycles. The number of aryl methyl sites for hydroxylation is 1. The Morgan fingerprint density at radius 1 is 1.53 bits per heavy atom. The zero-order chi connectivity index (χ0) is 13.8. The molecular formula is C11H11FN4O3. The molecule has 0 amide bonds. The van der Waals surface area contributed by atoms with Crippen LogP contribution in [0.2, 0.25) is 0 Å². The van der Waals surface area contributed by atoms with Gasteiger partial charge in [-0.1, -0.05) is 0 Å². The summed E-state index contributed by atoms with van der Waals surface area (Å²) in [5.74, 6) is -1.18. The van der Waals surface area contributed by atoms with Crippen LogP contribution in [0.25, 0.3) is 11.5 Å². The molecule has 100 valence electrons. The van der Waals surface area contributed by atoms with E-state index in [1.165, 1.54) is 16.8 Å². The van der Waals surface area contributed by atoms with E-state index in [-0.39, 0.29) is 6.01 Å². The Labute approximate surface area is 107 Å². The molecule has 2 rings (SSSR count). The van der Waals surface area contributed by atoms with E-state index in [2.05, 4.69) is 15.1 Å². The van der Waals surface area contributed by atoms with Crippen molar-refractivity contribution in [1.29, 1.82) is 0 Å². The summed E-state index contributed by atoms with van der Waals surface area (Å²) in [7, 11) is 0. The molecule has 2 aromatic rings. The highest BCUT2D eigenvalue weighted by Crippen LogP contribution is 2.17. The summed E-state index contributed by atoms with van der Waals surface area (Å²) in [5.41, 5.74) is 0.431. The molecule has 0 aromatic carbocycles. The molecule has 1 N–H and O–H groups in total. The standard InChI is InChI=1S/C11H11FN4O3/c1-2-16-10(8-4-3-7(12)5-13-8)14-11(15-16)19-6-9(17)18/h3-5H,2,6H2,1H3,(H,17,18). The number of aromatic nitrogens is 4. The van der Waals surface area contributed by atoms with E-state index in [9.17, 15) is 9.18 Å². The smallest absolute Gasteiger partial charge is 0.341 e. The normalized spacial score (nSPS) is 10.4. The molecule has 19 heavy (non-hydrogen) atoms. The van der Waals surface area contributed by atoms with E-state index in [0.29, 0.717) is 18.1 Å². The molecule has 0 atom stereocenters. The fourth-order valence-corrected chi connectivity index (χ4v) is 1.43. The van der Waals surface area contributed by atoms with Crippen LogP contribution < -0.4 is 4.74 Å². The number of carboxylic acids is 1. The molecule has 0 spiro atoms. The van der Waals surface area contributed by atoms with Gasteiger partial charge in [0, 0.05) is 6.54 Å². The van der Waals surface area contributed by atoms with Crippen LogP contribution in [0, 0.1) is 5.82 Å². The number of ether oxygens (including phenoxy) is 1. The van der Waals surface area contributed by atoms with Gasteiger partial charge < -0.3 is 9.84 Å². The number of carboxylic acid groups (broad SMARTS) is 1. The minimum absolute atomic E-state index is 0.0506. The SMILES string of the molecule is CCn1nc(OCC(=O)O)nc1-c1ccc(F)cn1. The summed E-state index contributed by atoms with van der Waals surface area (Å²) in [5, 5.41) is 12.5. The van der Waals surface area contributed by atoms with Gasteiger partial charge in [-0.2, -0.15) is 4.98 Å². The summed E-state index contributed by atoms with van der Waals surface area (Å²) < 4.78 is 19.2. The van der Waals surface area contributed by atoms with Gasteiger partial charge in [-0.25, -0.2) is 18.9 Å². The largest absolute Gasteiger partial charge is 0.479 e. The van der Waals surface area contributed by atoms with E-state index in [1.807, 2.05) is 6.92 Å². The first kappa shape index (κ1) is 12.9. The van der Waals surface area contributed by atoms with E-state index in [1.54, 1.807) is 0 Å². The lowest BCUT2D eigenvalue weighted by atomic mass is 10.3. The minimum atomic E-state index is -1.12. The maximum absolute atomic E-state index is 12.8. The van der Waals surface area contributed by atoms with Crippen molar-refractivity contribution in [2.75, 3.05) is 6.61 Å². The van der Waals surface area contributed by atoms with Gasteiger partial charge in [-0.15, -0.1) is 5.10 Å². The maximum atomic E-state index is 12.8. The van der Waals surface area contributed by atoms with Crippen molar-refractivity contribution in [1.82, 2.24) is 19.7 Å². The van der Waals surface area contributed by atoms with Crippen LogP contribution in [0.15, 0.2) is 18.3 Å². The third kappa shape index (κ3) is 3.03. The summed E-state index contributed by atoms with van der Waals surface area (Å²) in [6.07, 6.45) is 1.07. The Kier molecular flexibility index (Phi) is 3.69. The number of pyridine rings is 1. The molecule has 8 heteroatoms. The van der Waals surface area contributed by atoms with E-state index in [4.69, 9.17) is 9.84 Å². The Bertz CT molecular complexity index is 582. The molecule has 0 fully saturated rings. The monoisotopic (exact) mass is 266 g/mol. The van der Waals surface area contributed by atoms with Gasteiger partial charge in [0.25, 0.3) is 0 Å². The van der Waals surface area contributed by atoms with Crippen LogP contribution in [-0.4, -0.2) is 37.4 Å². The molecule has 0 aliphatic rings. The Morgan fingerprint density at radius 3 is 2.89 bits per heavy atom. The van der Waals surface area contributed by atoms with Crippen LogP contribution >= 0.6 is 0 Å². The van der Waals surface area contributed by atoms with Gasteiger partial charge in [-0.3, -0.25) is 0 Å². The first-order valence-electron chi connectivity index (χ1n) is 5.51. The van der Waals surface area contributed by atoms with E-state index < -0.39 is 18.4 Å².